The summed E-state index contributed by atoms with van der Waals surface area (Å²) >= 11 is 0. The van der Waals surface area contributed by atoms with E-state index in [2.05, 4.69) is 39.4 Å². The van der Waals surface area contributed by atoms with E-state index in [-0.39, 0.29) is 18.0 Å². The number of carbonyl (C=O) groups is 1. The van der Waals surface area contributed by atoms with Gasteiger partial charge in [-0.15, -0.1) is 0 Å². The van der Waals surface area contributed by atoms with Gasteiger partial charge in [0, 0.05) is 44.7 Å². The molecule has 0 unspecified atom stereocenters. The Morgan fingerprint density at radius 2 is 1.78 bits per heavy atom. The fraction of sp³-hybridized carbons (Fsp3) is 0.480. The molecule has 2 aromatic carbocycles. The number of hydrogen-bond donors (Lipinski definition) is 1. The number of halogens is 3. The van der Waals surface area contributed by atoms with E-state index in [1.165, 1.54) is 17.7 Å². The quantitative estimate of drug-likeness (QED) is 0.610. The van der Waals surface area contributed by atoms with Gasteiger partial charge in [0.1, 0.15) is 0 Å². The minimum Gasteiger partial charge on any atom is -0.335 e. The van der Waals surface area contributed by atoms with Crippen molar-refractivity contribution in [2.45, 2.75) is 57.0 Å². The van der Waals surface area contributed by atoms with Gasteiger partial charge < -0.3 is 10.2 Å². The van der Waals surface area contributed by atoms with Crippen LogP contribution < -0.4 is 5.32 Å². The lowest BCUT2D eigenvalue weighted by Gasteiger charge is -2.31. The summed E-state index contributed by atoms with van der Waals surface area (Å²) in [5, 5.41) is 3.26. The molecule has 2 aromatic rings. The smallest absolute Gasteiger partial charge is 0.335 e. The Labute approximate surface area is 187 Å². The van der Waals surface area contributed by atoms with Gasteiger partial charge in [-0.3, -0.25) is 9.69 Å². The summed E-state index contributed by atoms with van der Waals surface area (Å²) in [6, 6.07) is 16.3. The summed E-state index contributed by atoms with van der Waals surface area (Å²) in [5.41, 5.74) is 1.29. The van der Waals surface area contributed by atoms with Crippen molar-refractivity contribution in [3.05, 3.63) is 71.3 Å². The van der Waals surface area contributed by atoms with Crippen molar-refractivity contribution >= 4 is 5.91 Å². The van der Waals surface area contributed by atoms with E-state index in [4.69, 9.17) is 0 Å². The van der Waals surface area contributed by atoms with Gasteiger partial charge in [0.25, 0.3) is 0 Å². The lowest BCUT2D eigenvalue weighted by atomic mass is 10.1. The van der Waals surface area contributed by atoms with E-state index in [9.17, 15) is 18.0 Å². The van der Waals surface area contributed by atoms with Gasteiger partial charge >= 0.3 is 6.18 Å². The molecular weight excluding hydrogens is 415 g/mol. The third-order valence-electron chi connectivity index (χ3n) is 6.50. The van der Waals surface area contributed by atoms with E-state index in [0.717, 1.165) is 45.0 Å². The molecule has 32 heavy (non-hydrogen) atoms. The van der Waals surface area contributed by atoms with Gasteiger partial charge in [-0.25, -0.2) is 0 Å². The van der Waals surface area contributed by atoms with Crippen LogP contribution in [-0.4, -0.2) is 47.4 Å². The summed E-state index contributed by atoms with van der Waals surface area (Å²) in [6.07, 6.45) is -1.06. The number of nitrogens with zero attached hydrogens (tertiary/aromatic N) is 2. The fourth-order valence-electron chi connectivity index (χ4n) is 4.93. The highest BCUT2D eigenvalue weighted by molar-refractivity contribution is 5.79. The molecule has 0 aromatic heterocycles. The van der Waals surface area contributed by atoms with Crippen LogP contribution in [0.15, 0.2) is 54.6 Å². The molecule has 0 bridgehead atoms. The molecular formula is C25H30F3N3O. The summed E-state index contributed by atoms with van der Waals surface area (Å²) in [6.45, 7) is 3.85. The zero-order valence-electron chi connectivity index (χ0n) is 18.2. The first-order valence-electron chi connectivity index (χ1n) is 11.3. The predicted octanol–water partition coefficient (Wildman–Crippen LogP) is 4.45. The predicted molar refractivity (Wildman–Crippen MR) is 118 cm³/mol. The Morgan fingerprint density at radius 3 is 2.56 bits per heavy atom. The summed E-state index contributed by atoms with van der Waals surface area (Å²) < 4.78 is 38.6. The highest BCUT2D eigenvalue weighted by Gasteiger charge is 2.38. The molecule has 0 radical (unpaired) electrons. The van der Waals surface area contributed by atoms with Crippen LogP contribution in [-0.2, 0) is 24.1 Å². The van der Waals surface area contributed by atoms with E-state index >= 15 is 0 Å². The number of benzene rings is 2. The maximum Gasteiger partial charge on any atom is 0.416 e. The normalized spacial score (nSPS) is 22.1. The number of nitrogens with one attached hydrogen (secondary N) is 1. The number of alkyl halides is 3. The van der Waals surface area contributed by atoms with Gasteiger partial charge in [-0.05, 0) is 43.0 Å². The van der Waals surface area contributed by atoms with Crippen LogP contribution in [0.1, 0.15) is 42.4 Å². The van der Waals surface area contributed by atoms with Crippen LogP contribution in [0.2, 0.25) is 0 Å². The van der Waals surface area contributed by atoms with Crippen LogP contribution in [0.25, 0.3) is 0 Å². The standard InChI is InChI=1S/C25H30F3N3O/c26-25(27,28)21-8-4-7-20(15-21)16-29-13-11-22-9-10-24(32)31(22)23-12-14-30(18-23)17-19-5-2-1-3-6-19/h1-8,15,22-23,29H,9-14,16-18H2/t22-,23-/m1/s1. The second-order valence-electron chi connectivity index (χ2n) is 8.82. The van der Waals surface area contributed by atoms with Crippen LogP contribution in [0.3, 0.4) is 0 Å². The average Bonchev–Trinajstić information content (AvgIpc) is 3.37. The highest BCUT2D eigenvalue weighted by atomic mass is 19.4. The number of likely N-dealkylation sites (tertiary alicyclic amines) is 2. The first kappa shape index (κ1) is 22.8. The van der Waals surface area contributed by atoms with Gasteiger partial charge in [0.05, 0.1) is 5.56 Å². The second kappa shape index (κ2) is 10.0. The first-order chi connectivity index (χ1) is 15.4. The molecule has 2 aliphatic rings. The van der Waals surface area contributed by atoms with Crippen molar-refractivity contribution in [1.29, 1.82) is 0 Å². The Morgan fingerprint density at radius 1 is 1.00 bits per heavy atom. The van der Waals surface area contributed by atoms with Crippen molar-refractivity contribution in [2.24, 2.45) is 0 Å². The lowest BCUT2D eigenvalue weighted by Crippen LogP contribution is -2.44. The zero-order chi connectivity index (χ0) is 22.6. The molecule has 2 atom stereocenters. The fourth-order valence-corrected chi connectivity index (χ4v) is 4.93. The van der Waals surface area contributed by atoms with Gasteiger partial charge in [0.15, 0.2) is 0 Å². The summed E-state index contributed by atoms with van der Waals surface area (Å²) in [4.78, 5) is 17.1. The third-order valence-corrected chi connectivity index (χ3v) is 6.50. The maximum atomic E-state index is 12.9. The molecule has 4 rings (SSSR count). The molecule has 2 saturated heterocycles. The van der Waals surface area contributed by atoms with Gasteiger partial charge in [-0.2, -0.15) is 13.2 Å². The zero-order valence-corrected chi connectivity index (χ0v) is 18.2. The van der Waals surface area contributed by atoms with Gasteiger partial charge in [-0.1, -0.05) is 48.5 Å². The molecule has 0 saturated carbocycles. The van der Waals surface area contributed by atoms with Crippen LogP contribution in [0.4, 0.5) is 13.2 Å². The largest absolute Gasteiger partial charge is 0.416 e. The average molecular weight is 446 g/mol. The molecule has 1 N–H and O–H groups in total. The number of hydrogen-bond acceptors (Lipinski definition) is 3. The Balaban J connectivity index is 1.26. The third kappa shape index (κ3) is 5.70. The minimum absolute atomic E-state index is 0.207. The van der Waals surface area contributed by atoms with E-state index < -0.39 is 11.7 Å². The topological polar surface area (TPSA) is 35.6 Å². The monoisotopic (exact) mass is 445 g/mol. The number of carbonyl (C=O) groups excluding carboxylic acids is 1. The molecule has 2 aliphatic heterocycles. The summed E-state index contributed by atoms with van der Waals surface area (Å²) in [7, 11) is 0. The maximum absolute atomic E-state index is 12.9. The van der Waals surface area contributed by atoms with E-state index in [0.29, 0.717) is 25.1 Å². The van der Waals surface area contributed by atoms with Crippen LogP contribution in [0, 0.1) is 0 Å². The van der Waals surface area contributed by atoms with Gasteiger partial charge in [0.2, 0.25) is 5.91 Å². The minimum atomic E-state index is -4.32. The molecule has 2 fully saturated rings. The van der Waals surface area contributed by atoms with Crippen molar-refractivity contribution in [3.8, 4) is 0 Å². The lowest BCUT2D eigenvalue weighted by molar-refractivity contribution is -0.137. The van der Waals surface area contributed by atoms with E-state index in [1.807, 2.05) is 6.07 Å². The molecule has 172 valence electrons. The number of amides is 1. The number of rotatable bonds is 8. The molecule has 1 amide bonds. The van der Waals surface area contributed by atoms with Crippen molar-refractivity contribution in [1.82, 2.24) is 15.1 Å². The Kier molecular flexibility index (Phi) is 7.16. The molecule has 0 aliphatic carbocycles. The molecule has 0 spiro atoms. The molecule has 2 heterocycles. The van der Waals surface area contributed by atoms with Crippen LogP contribution in [0.5, 0.6) is 0 Å². The molecule has 4 nitrogen and oxygen atoms in total. The van der Waals surface area contributed by atoms with Crippen molar-refractivity contribution in [3.63, 3.8) is 0 Å². The van der Waals surface area contributed by atoms with Crippen molar-refractivity contribution < 1.29 is 18.0 Å². The molecule has 7 heteroatoms. The Bertz CT molecular complexity index is 903. The van der Waals surface area contributed by atoms with Crippen molar-refractivity contribution in [2.75, 3.05) is 19.6 Å². The Hall–Kier alpha value is -2.38. The van der Waals surface area contributed by atoms with Crippen LogP contribution >= 0.6 is 0 Å². The summed E-state index contributed by atoms with van der Waals surface area (Å²) in [5.74, 6) is 0.236. The highest BCUT2D eigenvalue weighted by Crippen LogP contribution is 2.30. The second-order valence-corrected chi connectivity index (χ2v) is 8.82. The van der Waals surface area contributed by atoms with E-state index in [1.54, 1.807) is 6.07 Å². The first-order valence-corrected chi connectivity index (χ1v) is 11.3. The SMILES string of the molecule is O=C1CC[C@H](CCNCc2cccc(C(F)(F)F)c2)N1[C@@H]1CCN(Cc2ccccc2)C1.